The molecule has 3 N–H and O–H groups in total. The summed E-state index contributed by atoms with van der Waals surface area (Å²) in [4.78, 5) is 25.4. The number of hydrogen-bond acceptors (Lipinski definition) is 4. The number of nitrogens with zero attached hydrogens (tertiary/aromatic N) is 1. The maximum atomic E-state index is 12.2. The average Bonchev–Trinajstić information content (AvgIpc) is 2.96. The number of fused-ring (bicyclic) bond motifs is 1. The summed E-state index contributed by atoms with van der Waals surface area (Å²) < 4.78 is 5.60. The molecular formula is C16H21N3O3. The number of carbonyl (C=O) groups is 2. The highest BCUT2D eigenvalue weighted by Gasteiger charge is 2.29. The molecule has 2 atom stereocenters. The Balaban J connectivity index is 1.56. The normalized spacial score (nSPS) is 24.4. The zero-order valence-corrected chi connectivity index (χ0v) is 12.5. The van der Waals surface area contributed by atoms with Crippen molar-refractivity contribution in [3.8, 4) is 5.75 Å². The minimum Gasteiger partial charge on any atom is -0.493 e. The summed E-state index contributed by atoms with van der Waals surface area (Å²) in [5.41, 5.74) is 6.34. The molecule has 6 nitrogen and oxygen atoms in total. The average molecular weight is 303 g/mol. The van der Waals surface area contributed by atoms with Gasteiger partial charge in [0, 0.05) is 18.5 Å². The molecule has 2 aliphatic rings. The molecule has 3 rings (SSSR count). The number of hydrogen-bond donors (Lipinski definition) is 2. The van der Waals surface area contributed by atoms with Crippen molar-refractivity contribution in [1.29, 1.82) is 0 Å². The predicted molar refractivity (Wildman–Crippen MR) is 81.2 cm³/mol. The fourth-order valence-corrected chi connectivity index (χ4v) is 3.14. The van der Waals surface area contributed by atoms with Gasteiger partial charge in [-0.05, 0) is 19.0 Å². The van der Waals surface area contributed by atoms with E-state index in [-0.39, 0.29) is 23.8 Å². The number of nitrogens with two attached hydrogens (primary N) is 1. The van der Waals surface area contributed by atoms with E-state index >= 15 is 0 Å². The zero-order valence-electron chi connectivity index (χ0n) is 12.5. The second kappa shape index (κ2) is 6.36. The Hall–Kier alpha value is -2.08. The molecule has 1 saturated heterocycles. The van der Waals surface area contributed by atoms with Crippen LogP contribution in [0.15, 0.2) is 24.3 Å². The number of amides is 2. The van der Waals surface area contributed by atoms with Crippen LogP contribution in [0.4, 0.5) is 0 Å². The Morgan fingerprint density at radius 3 is 2.91 bits per heavy atom. The smallest absolute Gasteiger partial charge is 0.234 e. The van der Waals surface area contributed by atoms with Crippen LogP contribution in [-0.4, -0.2) is 43.0 Å². The van der Waals surface area contributed by atoms with Gasteiger partial charge in [-0.1, -0.05) is 18.2 Å². The first-order valence-electron chi connectivity index (χ1n) is 7.66. The van der Waals surface area contributed by atoms with Crippen LogP contribution >= 0.6 is 0 Å². The van der Waals surface area contributed by atoms with Gasteiger partial charge in [-0.15, -0.1) is 0 Å². The molecule has 2 aliphatic heterocycles. The van der Waals surface area contributed by atoms with E-state index in [0.29, 0.717) is 19.7 Å². The standard InChI is InChI=1S/C16H21N3O3/c17-16(21)11-5-7-19(9-11)10-15(20)18-13-6-8-22-14-4-2-1-3-12(13)14/h1-4,11,13H,5-10H2,(H2,17,21)(H,18,20)/t11-,13-/m0/s1. The third kappa shape index (κ3) is 3.22. The number of rotatable bonds is 4. The Morgan fingerprint density at radius 1 is 1.32 bits per heavy atom. The van der Waals surface area contributed by atoms with E-state index in [1.807, 2.05) is 29.2 Å². The quantitative estimate of drug-likeness (QED) is 0.845. The summed E-state index contributed by atoms with van der Waals surface area (Å²) in [6.45, 7) is 2.23. The summed E-state index contributed by atoms with van der Waals surface area (Å²) in [6.07, 6.45) is 1.51. The van der Waals surface area contributed by atoms with Gasteiger partial charge in [0.15, 0.2) is 0 Å². The first kappa shape index (κ1) is 14.8. The minimum atomic E-state index is -0.277. The Labute approximate surface area is 129 Å². The lowest BCUT2D eigenvalue weighted by atomic mass is 10.0. The van der Waals surface area contributed by atoms with Crippen LogP contribution in [0, 0.1) is 5.92 Å². The van der Waals surface area contributed by atoms with Gasteiger partial charge in [-0.3, -0.25) is 14.5 Å². The summed E-state index contributed by atoms with van der Waals surface area (Å²) in [5, 5.41) is 3.07. The van der Waals surface area contributed by atoms with E-state index in [2.05, 4.69) is 5.32 Å². The minimum absolute atomic E-state index is 0.00742. The fourth-order valence-electron chi connectivity index (χ4n) is 3.14. The van der Waals surface area contributed by atoms with E-state index in [1.165, 1.54) is 0 Å². The molecule has 0 unspecified atom stereocenters. The molecular weight excluding hydrogens is 282 g/mol. The van der Waals surface area contributed by atoms with Crippen LogP contribution in [0.2, 0.25) is 0 Å². The van der Waals surface area contributed by atoms with Crippen LogP contribution in [0.1, 0.15) is 24.4 Å². The van der Waals surface area contributed by atoms with Gasteiger partial charge < -0.3 is 15.8 Å². The number of para-hydroxylation sites is 1. The van der Waals surface area contributed by atoms with E-state index < -0.39 is 0 Å². The molecule has 0 spiro atoms. The van der Waals surface area contributed by atoms with Gasteiger partial charge in [0.05, 0.1) is 25.1 Å². The van der Waals surface area contributed by atoms with Gasteiger partial charge >= 0.3 is 0 Å². The molecule has 1 aromatic rings. The number of nitrogens with one attached hydrogen (secondary N) is 1. The molecule has 1 fully saturated rings. The number of likely N-dealkylation sites (tertiary alicyclic amines) is 1. The maximum absolute atomic E-state index is 12.2. The molecule has 6 heteroatoms. The summed E-state index contributed by atoms with van der Waals surface area (Å²) in [5.74, 6) is 0.415. The van der Waals surface area contributed by atoms with Crippen LogP contribution in [0.25, 0.3) is 0 Å². The van der Waals surface area contributed by atoms with Gasteiger partial charge in [0.1, 0.15) is 5.75 Å². The molecule has 118 valence electrons. The molecule has 0 aliphatic carbocycles. The number of carbonyl (C=O) groups excluding carboxylic acids is 2. The largest absolute Gasteiger partial charge is 0.493 e. The first-order valence-corrected chi connectivity index (χ1v) is 7.66. The molecule has 22 heavy (non-hydrogen) atoms. The topological polar surface area (TPSA) is 84.7 Å². The van der Waals surface area contributed by atoms with Gasteiger partial charge in [0.2, 0.25) is 11.8 Å². The van der Waals surface area contributed by atoms with Crippen molar-refractivity contribution in [2.75, 3.05) is 26.2 Å². The van der Waals surface area contributed by atoms with Gasteiger partial charge in [-0.2, -0.15) is 0 Å². The van der Waals surface area contributed by atoms with Crippen molar-refractivity contribution in [2.45, 2.75) is 18.9 Å². The summed E-state index contributed by atoms with van der Waals surface area (Å²) >= 11 is 0. The fraction of sp³-hybridized carbons (Fsp3) is 0.500. The number of primary amides is 1. The highest BCUT2D eigenvalue weighted by atomic mass is 16.5. The van der Waals surface area contributed by atoms with Crippen LogP contribution in [0.5, 0.6) is 5.75 Å². The monoisotopic (exact) mass is 303 g/mol. The second-order valence-corrected chi connectivity index (χ2v) is 5.92. The molecule has 2 amide bonds. The van der Waals surface area contributed by atoms with Crippen LogP contribution in [0.3, 0.4) is 0 Å². The van der Waals surface area contributed by atoms with Crippen molar-refractivity contribution < 1.29 is 14.3 Å². The second-order valence-electron chi connectivity index (χ2n) is 5.92. The Morgan fingerprint density at radius 2 is 2.14 bits per heavy atom. The van der Waals surface area contributed by atoms with E-state index in [1.54, 1.807) is 0 Å². The highest BCUT2D eigenvalue weighted by molar-refractivity contribution is 5.80. The highest BCUT2D eigenvalue weighted by Crippen LogP contribution is 2.31. The van der Waals surface area contributed by atoms with Gasteiger partial charge in [-0.25, -0.2) is 0 Å². The van der Waals surface area contributed by atoms with Crippen molar-refractivity contribution in [1.82, 2.24) is 10.2 Å². The number of benzene rings is 1. The SMILES string of the molecule is NC(=O)[C@H]1CCN(CC(=O)N[C@H]2CCOc3ccccc32)C1. The maximum Gasteiger partial charge on any atom is 0.234 e. The lowest BCUT2D eigenvalue weighted by molar-refractivity contribution is -0.124. The molecule has 0 bridgehead atoms. The molecule has 2 heterocycles. The van der Waals surface area contributed by atoms with Crippen LogP contribution < -0.4 is 15.8 Å². The lowest BCUT2D eigenvalue weighted by Crippen LogP contribution is -2.39. The first-order chi connectivity index (χ1) is 10.6. The van der Waals surface area contributed by atoms with Gasteiger partial charge in [0.25, 0.3) is 0 Å². The summed E-state index contributed by atoms with van der Waals surface area (Å²) in [7, 11) is 0. The van der Waals surface area contributed by atoms with Crippen molar-refractivity contribution in [2.24, 2.45) is 11.7 Å². The van der Waals surface area contributed by atoms with E-state index in [4.69, 9.17) is 10.5 Å². The van der Waals surface area contributed by atoms with E-state index in [9.17, 15) is 9.59 Å². The van der Waals surface area contributed by atoms with Crippen molar-refractivity contribution in [3.05, 3.63) is 29.8 Å². The van der Waals surface area contributed by atoms with Crippen LogP contribution in [-0.2, 0) is 9.59 Å². The third-order valence-electron chi connectivity index (χ3n) is 4.34. The zero-order chi connectivity index (χ0) is 15.5. The molecule has 0 saturated carbocycles. The molecule has 0 radical (unpaired) electrons. The number of ether oxygens (including phenoxy) is 1. The lowest BCUT2D eigenvalue weighted by Gasteiger charge is -2.27. The predicted octanol–water partition coefficient (Wildman–Crippen LogP) is 0.434. The third-order valence-corrected chi connectivity index (χ3v) is 4.34. The van der Waals surface area contributed by atoms with Crippen molar-refractivity contribution in [3.63, 3.8) is 0 Å². The Bertz CT molecular complexity index is 576. The summed E-state index contributed by atoms with van der Waals surface area (Å²) in [6, 6.07) is 7.78. The van der Waals surface area contributed by atoms with E-state index in [0.717, 1.165) is 30.7 Å². The Kier molecular flexibility index (Phi) is 4.29. The molecule has 1 aromatic carbocycles. The molecule has 0 aromatic heterocycles. The van der Waals surface area contributed by atoms with Crippen molar-refractivity contribution >= 4 is 11.8 Å².